The van der Waals surface area contributed by atoms with E-state index in [1.807, 2.05) is 24.3 Å². The Balaban J connectivity index is 1.48. The molecule has 2 fully saturated rings. The highest BCUT2D eigenvalue weighted by Gasteiger charge is 2.42. The summed E-state index contributed by atoms with van der Waals surface area (Å²) in [6.45, 7) is 1.69. The fraction of sp³-hybridized carbons (Fsp3) is 0.562. The van der Waals surface area contributed by atoms with E-state index >= 15 is 0 Å². The molecule has 2 N–H and O–H groups in total. The van der Waals surface area contributed by atoms with Crippen molar-refractivity contribution >= 4 is 17.5 Å². The molecule has 0 bridgehead atoms. The Labute approximate surface area is 125 Å². The van der Waals surface area contributed by atoms with Gasteiger partial charge in [0.25, 0.3) is 0 Å². The van der Waals surface area contributed by atoms with Crippen LogP contribution in [0.15, 0.2) is 24.3 Å². The standard InChI is InChI=1S/C16H21ClN2O/c17-13-5-1-3-11(9-13)7-8-18-16(20)15-14-6-2-4-12(14)10-19-15/h1,3,5,9,12,14-15,19H,2,4,6-8,10H2,(H,18,20). The van der Waals surface area contributed by atoms with E-state index in [1.165, 1.54) is 19.3 Å². The molecule has 1 heterocycles. The lowest BCUT2D eigenvalue weighted by Crippen LogP contribution is -2.44. The van der Waals surface area contributed by atoms with Crippen molar-refractivity contribution < 1.29 is 4.79 Å². The predicted molar refractivity (Wildman–Crippen MR) is 80.8 cm³/mol. The summed E-state index contributed by atoms with van der Waals surface area (Å²) in [6, 6.07) is 7.84. The van der Waals surface area contributed by atoms with Crippen molar-refractivity contribution in [2.75, 3.05) is 13.1 Å². The van der Waals surface area contributed by atoms with E-state index in [4.69, 9.17) is 11.6 Å². The lowest BCUT2D eigenvalue weighted by atomic mass is 9.93. The summed E-state index contributed by atoms with van der Waals surface area (Å²) >= 11 is 5.95. The molecule has 1 amide bonds. The van der Waals surface area contributed by atoms with Crippen molar-refractivity contribution in [2.45, 2.75) is 31.7 Å². The topological polar surface area (TPSA) is 41.1 Å². The van der Waals surface area contributed by atoms with Crippen molar-refractivity contribution in [3.63, 3.8) is 0 Å². The monoisotopic (exact) mass is 292 g/mol. The molecule has 1 saturated heterocycles. The molecule has 3 rings (SSSR count). The predicted octanol–water partition coefficient (Wildman–Crippen LogP) is 2.39. The minimum atomic E-state index is 0.0295. The quantitative estimate of drug-likeness (QED) is 0.895. The largest absolute Gasteiger partial charge is 0.354 e. The van der Waals surface area contributed by atoms with Gasteiger partial charge in [0.1, 0.15) is 0 Å². The second-order valence-corrected chi connectivity index (χ2v) is 6.35. The smallest absolute Gasteiger partial charge is 0.237 e. The molecule has 3 unspecified atom stereocenters. The number of carbonyl (C=O) groups excluding carboxylic acids is 1. The zero-order chi connectivity index (χ0) is 13.9. The van der Waals surface area contributed by atoms with Gasteiger partial charge in [0, 0.05) is 11.6 Å². The summed E-state index contributed by atoms with van der Waals surface area (Å²) in [6.07, 6.45) is 4.59. The first kappa shape index (κ1) is 13.9. The van der Waals surface area contributed by atoms with Gasteiger partial charge in [0.15, 0.2) is 0 Å². The van der Waals surface area contributed by atoms with Crippen LogP contribution < -0.4 is 10.6 Å². The van der Waals surface area contributed by atoms with Gasteiger partial charge in [0.2, 0.25) is 5.91 Å². The molecule has 0 aromatic heterocycles. The molecular formula is C16H21ClN2O. The van der Waals surface area contributed by atoms with Gasteiger partial charge < -0.3 is 10.6 Å². The van der Waals surface area contributed by atoms with Crippen LogP contribution in [-0.2, 0) is 11.2 Å². The molecule has 1 saturated carbocycles. The van der Waals surface area contributed by atoms with Gasteiger partial charge in [-0.15, -0.1) is 0 Å². The maximum Gasteiger partial charge on any atom is 0.237 e. The fourth-order valence-electron chi connectivity index (χ4n) is 3.61. The average molecular weight is 293 g/mol. The van der Waals surface area contributed by atoms with Crippen molar-refractivity contribution in [3.05, 3.63) is 34.9 Å². The van der Waals surface area contributed by atoms with Gasteiger partial charge in [-0.1, -0.05) is 30.2 Å². The first-order chi connectivity index (χ1) is 9.74. The highest BCUT2D eigenvalue weighted by atomic mass is 35.5. The second kappa shape index (κ2) is 6.15. The Hall–Kier alpha value is -1.06. The van der Waals surface area contributed by atoms with E-state index < -0.39 is 0 Å². The van der Waals surface area contributed by atoms with Crippen LogP contribution in [0.2, 0.25) is 5.02 Å². The molecule has 0 spiro atoms. The molecule has 0 radical (unpaired) electrons. The van der Waals surface area contributed by atoms with Crippen molar-refractivity contribution in [2.24, 2.45) is 11.8 Å². The number of amides is 1. The zero-order valence-corrected chi connectivity index (χ0v) is 12.3. The number of benzene rings is 1. The molecular weight excluding hydrogens is 272 g/mol. The van der Waals surface area contributed by atoms with Crippen molar-refractivity contribution in [3.8, 4) is 0 Å². The summed E-state index contributed by atoms with van der Waals surface area (Å²) in [5.74, 6) is 1.45. The third-order valence-corrected chi connectivity index (χ3v) is 4.87. The molecule has 4 heteroatoms. The van der Waals surface area contributed by atoms with E-state index in [0.29, 0.717) is 12.5 Å². The average Bonchev–Trinajstić information content (AvgIpc) is 3.00. The van der Waals surface area contributed by atoms with Crippen molar-refractivity contribution in [1.29, 1.82) is 0 Å². The van der Waals surface area contributed by atoms with Crippen LogP contribution in [0, 0.1) is 11.8 Å². The first-order valence-corrected chi connectivity index (χ1v) is 7.87. The van der Waals surface area contributed by atoms with Gasteiger partial charge in [0.05, 0.1) is 6.04 Å². The van der Waals surface area contributed by atoms with Crippen LogP contribution >= 0.6 is 11.6 Å². The number of halogens is 1. The maximum atomic E-state index is 12.2. The number of hydrogen-bond acceptors (Lipinski definition) is 2. The van der Waals surface area contributed by atoms with Crippen LogP contribution in [0.3, 0.4) is 0 Å². The van der Waals surface area contributed by atoms with Gasteiger partial charge in [-0.05, 0) is 55.3 Å². The maximum absolute atomic E-state index is 12.2. The summed E-state index contributed by atoms with van der Waals surface area (Å²) in [4.78, 5) is 12.2. The molecule has 1 aromatic rings. The molecule has 3 atom stereocenters. The van der Waals surface area contributed by atoms with Gasteiger partial charge >= 0.3 is 0 Å². The SMILES string of the molecule is O=C(NCCc1cccc(Cl)c1)C1NCC2CCCC21. The van der Waals surface area contributed by atoms with Gasteiger partial charge in [-0.3, -0.25) is 4.79 Å². The zero-order valence-electron chi connectivity index (χ0n) is 11.6. The summed E-state index contributed by atoms with van der Waals surface area (Å²) in [5, 5.41) is 7.19. The van der Waals surface area contributed by atoms with E-state index in [0.717, 1.165) is 29.5 Å². The Kier molecular flexibility index (Phi) is 4.27. The minimum absolute atomic E-state index is 0.0295. The van der Waals surface area contributed by atoms with Crippen LogP contribution in [0.5, 0.6) is 0 Å². The number of hydrogen-bond donors (Lipinski definition) is 2. The minimum Gasteiger partial charge on any atom is -0.354 e. The lowest BCUT2D eigenvalue weighted by Gasteiger charge is -2.17. The molecule has 2 aliphatic rings. The molecule has 20 heavy (non-hydrogen) atoms. The molecule has 1 aliphatic heterocycles. The normalized spacial score (nSPS) is 28.4. The molecule has 1 aromatic carbocycles. The Morgan fingerprint density at radius 2 is 2.30 bits per heavy atom. The lowest BCUT2D eigenvalue weighted by molar-refractivity contribution is -0.123. The van der Waals surface area contributed by atoms with E-state index in [9.17, 15) is 4.79 Å². The third-order valence-electron chi connectivity index (χ3n) is 4.63. The van der Waals surface area contributed by atoms with E-state index in [2.05, 4.69) is 10.6 Å². The van der Waals surface area contributed by atoms with E-state index in [1.54, 1.807) is 0 Å². The van der Waals surface area contributed by atoms with Crippen LogP contribution in [0.1, 0.15) is 24.8 Å². The first-order valence-electron chi connectivity index (χ1n) is 7.49. The van der Waals surface area contributed by atoms with Crippen molar-refractivity contribution in [1.82, 2.24) is 10.6 Å². The Bertz CT molecular complexity index is 491. The summed E-state index contributed by atoms with van der Waals surface area (Å²) < 4.78 is 0. The number of rotatable bonds is 4. The molecule has 1 aliphatic carbocycles. The number of fused-ring (bicyclic) bond motifs is 1. The van der Waals surface area contributed by atoms with Crippen LogP contribution in [0.25, 0.3) is 0 Å². The highest BCUT2D eigenvalue weighted by molar-refractivity contribution is 6.30. The number of nitrogens with one attached hydrogen (secondary N) is 2. The van der Waals surface area contributed by atoms with Gasteiger partial charge in [-0.2, -0.15) is 0 Å². The van der Waals surface area contributed by atoms with Crippen LogP contribution in [0.4, 0.5) is 0 Å². The second-order valence-electron chi connectivity index (χ2n) is 5.91. The van der Waals surface area contributed by atoms with Gasteiger partial charge in [-0.25, -0.2) is 0 Å². The summed E-state index contributed by atoms with van der Waals surface area (Å²) in [5.41, 5.74) is 1.16. The van der Waals surface area contributed by atoms with Crippen LogP contribution in [-0.4, -0.2) is 25.0 Å². The third kappa shape index (κ3) is 2.99. The summed E-state index contributed by atoms with van der Waals surface area (Å²) in [7, 11) is 0. The highest BCUT2D eigenvalue weighted by Crippen LogP contribution is 2.37. The fourth-order valence-corrected chi connectivity index (χ4v) is 3.82. The Morgan fingerprint density at radius 1 is 1.40 bits per heavy atom. The molecule has 108 valence electrons. The molecule has 3 nitrogen and oxygen atoms in total. The number of carbonyl (C=O) groups is 1. The Morgan fingerprint density at radius 3 is 3.15 bits per heavy atom. The van der Waals surface area contributed by atoms with E-state index in [-0.39, 0.29) is 11.9 Å².